The third kappa shape index (κ3) is 4.24. The number of benzene rings is 2. The molecule has 1 N–H and O–H groups in total. The van der Waals surface area contributed by atoms with Crippen LogP contribution in [0.2, 0.25) is 5.02 Å². The smallest absolute Gasteiger partial charge is 0.245 e. The van der Waals surface area contributed by atoms with Gasteiger partial charge in [-0.1, -0.05) is 35.5 Å². The molecule has 11 heteroatoms. The first-order chi connectivity index (χ1) is 15.9. The van der Waals surface area contributed by atoms with E-state index in [0.29, 0.717) is 10.5 Å². The molecule has 2 aromatic carbocycles. The summed E-state index contributed by atoms with van der Waals surface area (Å²) in [6.07, 6.45) is 3.90. The highest BCUT2D eigenvalue weighted by molar-refractivity contribution is 7.99. The molecule has 0 spiro atoms. The molecule has 33 heavy (non-hydrogen) atoms. The Morgan fingerprint density at radius 3 is 2.33 bits per heavy atom. The summed E-state index contributed by atoms with van der Waals surface area (Å²) in [5.41, 5.74) is 0.191. The van der Waals surface area contributed by atoms with Crippen molar-refractivity contribution in [2.45, 2.75) is 33.1 Å². The molecule has 5 rings (SSSR count). The second-order valence-corrected chi connectivity index (χ2v) is 11.2. The third-order valence-electron chi connectivity index (χ3n) is 5.77. The van der Waals surface area contributed by atoms with Gasteiger partial charge >= 0.3 is 0 Å². The Hall–Kier alpha value is -2.50. The highest BCUT2D eigenvalue weighted by Crippen LogP contribution is 2.38. The van der Waals surface area contributed by atoms with E-state index in [1.54, 1.807) is 42.7 Å². The molecule has 0 amide bonds. The van der Waals surface area contributed by atoms with E-state index in [1.807, 2.05) is 12.1 Å². The molecule has 0 radical (unpaired) electrons. The molecule has 1 aliphatic heterocycles. The maximum Gasteiger partial charge on any atom is 0.245 e. The van der Waals surface area contributed by atoms with Crippen LogP contribution < -0.4 is 0 Å². The summed E-state index contributed by atoms with van der Waals surface area (Å²) in [4.78, 5) is 5.70. The van der Waals surface area contributed by atoms with Crippen LogP contribution in [-0.4, -0.2) is 46.2 Å². The molecule has 0 atom stereocenters. The second kappa shape index (κ2) is 8.69. The number of sulfonamides is 1. The molecule has 0 bridgehead atoms. The second-order valence-electron chi connectivity index (χ2n) is 7.75. The van der Waals surface area contributed by atoms with Gasteiger partial charge in [0, 0.05) is 40.3 Å². The van der Waals surface area contributed by atoms with Gasteiger partial charge in [0.15, 0.2) is 11.0 Å². The molecule has 0 saturated carbocycles. The fourth-order valence-corrected chi connectivity index (χ4v) is 6.49. The molecule has 170 valence electrons. The van der Waals surface area contributed by atoms with Gasteiger partial charge in [0.1, 0.15) is 4.90 Å². The first-order valence-electron chi connectivity index (χ1n) is 10.2. The Morgan fingerprint density at radius 1 is 0.970 bits per heavy atom. The molecule has 0 unspecified atom stereocenters. The van der Waals surface area contributed by atoms with E-state index in [4.69, 9.17) is 16.2 Å². The average molecular weight is 503 g/mol. The van der Waals surface area contributed by atoms with Crippen LogP contribution in [0.1, 0.15) is 18.4 Å². The third-order valence-corrected chi connectivity index (χ3v) is 9.01. The summed E-state index contributed by atoms with van der Waals surface area (Å²) >= 11 is 7.37. The van der Waals surface area contributed by atoms with E-state index < -0.39 is 15.6 Å². The molecule has 2 aromatic heterocycles. The zero-order valence-electron chi connectivity index (χ0n) is 17.3. The summed E-state index contributed by atoms with van der Waals surface area (Å²) in [5.74, 6) is 0. The molecule has 1 aliphatic rings. The minimum Gasteiger partial charge on any atom is -0.385 e. The lowest BCUT2D eigenvalue weighted by atomic mass is 9.85. The molecule has 3 heterocycles. The van der Waals surface area contributed by atoms with Crippen LogP contribution in [0.4, 0.5) is 0 Å². The number of rotatable bonds is 5. The van der Waals surface area contributed by atoms with Crippen LogP contribution >= 0.6 is 23.4 Å². The van der Waals surface area contributed by atoms with Gasteiger partial charge in [-0.2, -0.15) is 4.31 Å². The van der Waals surface area contributed by atoms with Gasteiger partial charge in [0.25, 0.3) is 0 Å². The van der Waals surface area contributed by atoms with Crippen molar-refractivity contribution < 1.29 is 18.2 Å². The largest absolute Gasteiger partial charge is 0.385 e. The monoisotopic (exact) mass is 502 g/mol. The molecular formula is C22H19ClN4O4S2. The number of nitrogens with zero attached hydrogens (tertiary/aromatic N) is 4. The number of pyridine rings is 1. The fourth-order valence-electron chi connectivity index (χ4n) is 3.93. The molecule has 0 aliphatic carbocycles. The van der Waals surface area contributed by atoms with E-state index in [0.717, 1.165) is 15.4 Å². The lowest BCUT2D eigenvalue weighted by Gasteiger charge is -2.37. The minimum absolute atomic E-state index is 0.0368. The molecular weight excluding hydrogens is 484 g/mol. The predicted molar refractivity (Wildman–Crippen MR) is 124 cm³/mol. The van der Waals surface area contributed by atoms with Gasteiger partial charge in [-0.05, 0) is 65.1 Å². The quantitative estimate of drug-likeness (QED) is 0.434. The van der Waals surface area contributed by atoms with Crippen LogP contribution in [0.3, 0.4) is 0 Å². The van der Waals surface area contributed by atoms with E-state index in [-0.39, 0.29) is 36.3 Å². The van der Waals surface area contributed by atoms with Gasteiger partial charge in [0.2, 0.25) is 10.0 Å². The number of fused-ring (bicyclic) bond motifs is 1. The molecule has 1 fully saturated rings. The Morgan fingerprint density at radius 2 is 1.64 bits per heavy atom. The van der Waals surface area contributed by atoms with E-state index in [2.05, 4.69) is 15.3 Å². The van der Waals surface area contributed by atoms with Crippen molar-refractivity contribution in [3.05, 3.63) is 71.5 Å². The molecule has 4 aromatic rings. The number of aliphatic hydroxyl groups is 1. The van der Waals surface area contributed by atoms with E-state index in [1.165, 1.54) is 22.1 Å². The Kier molecular flexibility index (Phi) is 5.87. The van der Waals surface area contributed by atoms with Crippen molar-refractivity contribution in [1.82, 2.24) is 19.6 Å². The first kappa shape index (κ1) is 22.3. The summed E-state index contributed by atoms with van der Waals surface area (Å²) in [6.45, 7) is 0.337. The molecule has 8 nitrogen and oxygen atoms in total. The van der Waals surface area contributed by atoms with Gasteiger partial charge in [-0.25, -0.2) is 13.0 Å². The number of piperidine rings is 1. The van der Waals surface area contributed by atoms with Gasteiger partial charge in [-0.3, -0.25) is 4.98 Å². The highest BCUT2D eigenvalue weighted by Gasteiger charge is 2.39. The summed E-state index contributed by atoms with van der Waals surface area (Å²) in [5, 5.41) is 19.5. The highest BCUT2D eigenvalue weighted by atomic mass is 35.5. The van der Waals surface area contributed by atoms with E-state index in [9.17, 15) is 13.5 Å². The van der Waals surface area contributed by atoms with Crippen molar-refractivity contribution in [2.75, 3.05) is 13.1 Å². The maximum atomic E-state index is 13.5. The Labute approximate surface area is 199 Å². The number of aromatic nitrogens is 3. The van der Waals surface area contributed by atoms with Crippen molar-refractivity contribution in [3.8, 4) is 0 Å². The maximum absolute atomic E-state index is 13.5. The van der Waals surface area contributed by atoms with Crippen molar-refractivity contribution in [3.63, 3.8) is 0 Å². The van der Waals surface area contributed by atoms with Crippen molar-refractivity contribution >= 4 is 44.4 Å². The van der Waals surface area contributed by atoms with E-state index >= 15 is 0 Å². The minimum atomic E-state index is -3.87. The zero-order chi connectivity index (χ0) is 23.1. The number of hydrogen-bond donors (Lipinski definition) is 1. The summed E-state index contributed by atoms with van der Waals surface area (Å²) in [7, 11) is -3.87. The van der Waals surface area contributed by atoms with Crippen LogP contribution in [0.5, 0.6) is 0 Å². The number of halogens is 1. The molecule has 1 saturated heterocycles. The van der Waals surface area contributed by atoms with Gasteiger partial charge < -0.3 is 5.11 Å². The van der Waals surface area contributed by atoms with Crippen LogP contribution in [0, 0.1) is 0 Å². The lowest BCUT2D eigenvalue weighted by molar-refractivity contribution is -0.00960. The number of hydrogen-bond acceptors (Lipinski definition) is 8. The Bertz CT molecular complexity index is 1390. The van der Waals surface area contributed by atoms with Crippen LogP contribution in [0.15, 0.2) is 80.2 Å². The first-order valence-corrected chi connectivity index (χ1v) is 12.8. The standard InChI is InChI=1S/C22H19ClN4O4S2/c23-16-3-1-15(2-4-16)22(28)9-13-27(14-10-22)33(29,30)19-6-5-18(20-21(19)26-31-25-20)32-17-7-11-24-12-8-17/h1-8,11-12,28H,9-10,13-14H2. The summed E-state index contributed by atoms with van der Waals surface area (Å²) in [6, 6.07) is 13.9. The normalized spacial score (nSPS) is 16.8. The average Bonchev–Trinajstić information content (AvgIpc) is 3.31. The lowest BCUT2D eigenvalue weighted by Crippen LogP contribution is -2.45. The predicted octanol–water partition coefficient (Wildman–Crippen LogP) is 4.09. The summed E-state index contributed by atoms with van der Waals surface area (Å²) < 4.78 is 33.2. The topological polar surface area (TPSA) is 109 Å². The van der Waals surface area contributed by atoms with Crippen LogP contribution in [0.25, 0.3) is 11.0 Å². The Balaban J connectivity index is 1.40. The van der Waals surface area contributed by atoms with Crippen molar-refractivity contribution in [1.29, 1.82) is 0 Å². The fraction of sp³-hybridized carbons (Fsp3) is 0.227. The van der Waals surface area contributed by atoms with Crippen LogP contribution in [-0.2, 0) is 15.6 Å². The zero-order valence-corrected chi connectivity index (χ0v) is 19.6. The van der Waals surface area contributed by atoms with Gasteiger partial charge in [0.05, 0.1) is 5.60 Å². The van der Waals surface area contributed by atoms with Crippen molar-refractivity contribution in [2.24, 2.45) is 0 Å². The van der Waals surface area contributed by atoms with Gasteiger partial charge in [-0.15, -0.1) is 0 Å². The SMILES string of the molecule is O=S(=O)(c1ccc(Sc2ccncc2)c2nonc12)N1CCC(O)(c2ccc(Cl)cc2)CC1.